The molecule has 3 N–H and O–H groups in total. The second-order valence-electron chi connectivity index (χ2n) is 13.0. The van der Waals surface area contributed by atoms with Crippen LogP contribution in [0.3, 0.4) is 0 Å². The number of carboxylic acids is 2. The van der Waals surface area contributed by atoms with Crippen LogP contribution in [-0.4, -0.2) is 79.5 Å². The number of carbonyl (C=O) groups excluding carboxylic acids is 3. The van der Waals surface area contributed by atoms with Crippen LogP contribution in [0.25, 0.3) is 0 Å². The zero-order valence-electron chi connectivity index (χ0n) is 31.6. The zero-order chi connectivity index (χ0) is 42.3. The minimum atomic E-state index is -4.43. The van der Waals surface area contributed by atoms with Crippen LogP contribution in [0.1, 0.15) is 58.9 Å². The van der Waals surface area contributed by atoms with E-state index in [0.29, 0.717) is 66.8 Å². The van der Waals surface area contributed by atoms with Crippen molar-refractivity contribution < 1.29 is 90.1 Å². The van der Waals surface area contributed by atoms with Gasteiger partial charge >= 0.3 is 53.8 Å². The summed E-state index contributed by atoms with van der Waals surface area (Å²) in [4.78, 5) is 57.6. The number of hydrogen-bond donors (Lipinski definition) is 3. The Morgan fingerprint density at radius 3 is 1.41 bits per heavy atom. The molecular formula is C41H36BF6N3NaO7. The Morgan fingerprint density at radius 2 is 1.08 bits per heavy atom. The van der Waals surface area contributed by atoms with Gasteiger partial charge in [0.05, 0.1) is 23.0 Å². The van der Waals surface area contributed by atoms with Crippen LogP contribution in [0.15, 0.2) is 97.1 Å². The molecule has 0 saturated carbocycles. The van der Waals surface area contributed by atoms with Gasteiger partial charge in [-0.2, -0.15) is 26.3 Å². The molecule has 2 heterocycles. The number of benzene rings is 4. The molecule has 2 saturated heterocycles. The number of aliphatic carboxylic acids is 2. The Labute approximate surface area is 360 Å². The molecule has 0 spiro atoms. The maximum Gasteiger partial charge on any atom is 1.00 e. The van der Waals surface area contributed by atoms with Crippen molar-refractivity contribution in [1.82, 2.24) is 10.2 Å². The summed E-state index contributed by atoms with van der Waals surface area (Å²) in [6, 6.07) is 22.3. The number of carbonyl (C=O) groups is 5. The third-order valence-corrected chi connectivity index (χ3v) is 8.73. The first-order valence-corrected chi connectivity index (χ1v) is 17.1. The fourth-order valence-corrected chi connectivity index (χ4v) is 5.41. The first kappa shape index (κ1) is 51.9. The van der Waals surface area contributed by atoms with Crippen LogP contribution in [0, 0.1) is 23.7 Å². The van der Waals surface area contributed by atoms with E-state index in [1.807, 2.05) is 4.90 Å². The quantitative estimate of drug-likeness (QED) is 0.0670. The maximum atomic E-state index is 12.8. The van der Waals surface area contributed by atoms with Crippen LogP contribution >= 0.6 is 0 Å². The minimum Gasteiger partial charge on any atom is -0.512 e. The number of carboxylic acid groups (broad SMARTS) is 2. The van der Waals surface area contributed by atoms with Crippen LogP contribution in [-0.2, 0) is 41.3 Å². The average Bonchev–Trinajstić information content (AvgIpc) is 3.13. The van der Waals surface area contributed by atoms with E-state index in [9.17, 15) is 50.3 Å². The number of ketones is 2. The predicted octanol–water partition coefficient (Wildman–Crippen LogP) is 3.60. The third-order valence-electron chi connectivity index (χ3n) is 8.73. The van der Waals surface area contributed by atoms with E-state index < -0.39 is 35.4 Å². The first-order chi connectivity index (χ1) is 26.9. The fourth-order valence-electron chi connectivity index (χ4n) is 5.41. The molecule has 2 aliphatic rings. The number of nitrogens with one attached hydrogen (secondary N) is 1. The molecule has 303 valence electrons. The topological polar surface area (TPSA) is 165 Å². The molecule has 2 fully saturated rings. The fraction of sp³-hybridized carbons (Fsp3) is 0.268. The van der Waals surface area contributed by atoms with Crippen molar-refractivity contribution in [3.05, 3.63) is 148 Å². The summed E-state index contributed by atoms with van der Waals surface area (Å²) in [5, 5.41) is 26.2. The van der Waals surface area contributed by atoms with Crippen molar-refractivity contribution in [2.75, 3.05) is 26.2 Å². The van der Waals surface area contributed by atoms with Gasteiger partial charge in [0.15, 0.2) is 11.6 Å². The van der Waals surface area contributed by atoms with Crippen LogP contribution in [0.2, 0.25) is 0 Å². The number of halogens is 6. The SMILES string of the molecule is O=C(Cc1cccc(C(F)(F)F)c1)c1ccc(CN2CC(C(=O)O)C2)cc1.O=C(O)C1CNC1.O=Cc1ccc(C(=O)Cc2cccc(C(F)(F)F)c2)cc1.[B].[C-]#N.[Na+]. The molecule has 3 radical (unpaired) electrons. The number of aldehydes is 1. The van der Waals surface area contributed by atoms with Gasteiger partial charge in [-0.15, -0.1) is 0 Å². The van der Waals surface area contributed by atoms with E-state index in [-0.39, 0.29) is 74.2 Å². The normalized spacial score (nSPS) is 13.6. The molecule has 4 aromatic rings. The summed E-state index contributed by atoms with van der Waals surface area (Å²) < 4.78 is 76.1. The molecule has 0 aromatic heterocycles. The van der Waals surface area contributed by atoms with Crippen LogP contribution in [0.5, 0.6) is 0 Å². The molecule has 0 bridgehead atoms. The van der Waals surface area contributed by atoms with Crippen molar-refractivity contribution in [2.24, 2.45) is 11.8 Å². The Hall–Kier alpha value is -5.12. The summed E-state index contributed by atoms with van der Waals surface area (Å²) >= 11 is 0. The van der Waals surface area contributed by atoms with Crippen LogP contribution in [0.4, 0.5) is 26.3 Å². The minimum absolute atomic E-state index is 0. The van der Waals surface area contributed by atoms with Crippen molar-refractivity contribution >= 4 is 38.2 Å². The molecule has 0 aliphatic carbocycles. The molecule has 0 unspecified atom stereocenters. The van der Waals surface area contributed by atoms with E-state index in [4.69, 9.17) is 22.0 Å². The number of nitrogens with zero attached hydrogens (tertiary/aromatic N) is 2. The molecule has 10 nitrogen and oxygen atoms in total. The van der Waals surface area contributed by atoms with E-state index >= 15 is 0 Å². The largest absolute Gasteiger partial charge is 1.00 e. The van der Waals surface area contributed by atoms with Crippen molar-refractivity contribution in [2.45, 2.75) is 31.7 Å². The van der Waals surface area contributed by atoms with Crippen molar-refractivity contribution in [3.8, 4) is 0 Å². The van der Waals surface area contributed by atoms with E-state index in [1.165, 1.54) is 48.5 Å². The Morgan fingerprint density at radius 1 is 0.678 bits per heavy atom. The standard InChI is InChI=1S/C20H18F3NO3.C16H11F3O2.C4H7NO2.CN.B.Na/c21-20(22,23)17-3-1-2-14(8-17)9-18(25)15-6-4-13(5-7-15)10-24-11-16(12-24)19(26)27;17-16(18,19)14-3-1-2-12(8-14)9-15(21)13-6-4-11(10-20)5-7-13;6-4(7)3-1-5-2-3;1-2;;/h1-8,16H,9-12H2,(H,26,27);1-8,10H,9H2;3,5H,1-2H2,(H,6,7);;;/q;;;-1;;+1. The summed E-state index contributed by atoms with van der Waals surface area (Å²) in [6.45, 7) is 7.66. The summed E-state index contributed by atoms with van der Waals surface area (Å²) in [5.74, 6) is -2.46. The third kappa shape index (κ3) is 16.6. The number of Topliss-reactive ketones (excluding diaryl/α,β-unsaturated/α-hetero) is 2. The zero-order valence-corrected chi connectivity index (χ0v) is 33.6. The molecule has 59 heavy (non-hydrogen) atoms. The molecule has 6 rings (SSSR count). The van der Waals surface area contributed by atoms with Gasteiger partial charge in [0.1, 0.15) is 6.29 Å². The average molecular weight is 831 g/mol. The Balaban J connectivity index is 0.000000483. The molecule has 0 amide bonds. The van der Waals surface area contributed by atoms with Gasteiger partial charge in [-0.1, -0.05) is 84.9 Å². The Bertz CT molecular complexity index is 2040. The number of hydrogen-bond acceptors (Lipinski definition) is 8. The molecular weight excluding hydrogens is 794 g/mol. The molecule has 4 aromatic carbocycles. The summed E-state index contributed by atoms with van der Waals surface area (Å²) in [6.07, 6.45) is -8.43. The number of rotatable bonds is 11. The van der Waals surface area contributed by atoms with E-state index in [0.717, 1.165) is 29.8 Å². The van der Waals surface area contributed by atoms with Crippen molar-refractivity contribution in [3.63, 3.8) is 0 Å². The molecule has 2 aliphatic heterocycles. The maximum absolute atomic E-state index is 12.8. The van der Waals surface area contributed by atoms with Gasteiger partial charge in [0.2, 0.25) is 0 Å². The summed E-state index contributed by atoms with van der Waals surface area (Å²) in [7, 11) is 0. The van der Waals surface area contributed by atoms with Gasteiger partial charge in [-0.25, -0.2) is 0 Å². The molecule has 0 atom stereocenters. The van der Waals surface area contributed by atoms with Gasteiger partial charge in [0.25, 0.3) is 0 Å². The number of alkyl halides is 6. The van der Waals surface area contributed by atoms with E-state index in [1.54, 1.807) is 24.3 Å². The van der Waals surface area contributed by atoms with Crippen LogP contribution < -0.4 is 34.9 Å². The first-order valence-electron chi connectivity index (χ1n) is 17.1. The van der Waals surface area contributed by atoms with Gasteiger partial charge in [-0.3, -0.25) is 28.9 Å². The monoisotopic (exact) mass is 830 g/mol. The second-order valence-corrected chi connectivity index (χ2v) is 13.0. The van der Waals surface area contributed by atoms with Crippen molar-refractivity contribution in [1.29, 1.82) is 5.26 Å². The summed E-state index contributed by atoms with van der Waals surface area (Å²) in [5.41, 5.74) is 1.26. The van der Waals surface area contributed by atoms with Gasteiger partial charge < -0.3 is 27.4 Å². The smallest absolute Gasteiger partial charge is 0.512 e. The second kappa shape index (κ2) is 24.1. The van der Waals surface area contributed by atoms with Gasteiger partial charge in [0, 0.05) is 70.7 Å². The van der Waals surface area contributed by atoms with E-state index in [2.05, 4.69) is 5.32 Å². The predicted molar refractivity (Wildman–Crippen MR) is 198 cm³/mol. The van der Waals surface area contributed by atoms with Gasteiger partial charge in [-0.05, 0) is 28.8 Å². The molecule has 18 heteroatoms. The Kier molecular flexibility index (Phi) is 21.2. The number of likely N-dealkylation sites (tertiary alicyclic amines) is 1.